The molecule has 90 valence electrons. The van der Waals surface area contributed by atoms with Crippen molar-refractivity contribution in [2.24, 2.45) is 0 Å². The van der Waals surface area contributed by atoms with Crippen molar-refractivity contribution < 1.29 is 9.90 Å². The van der Waals surface area contributed by atoms with Crippen LogP contribution in [-0.4, -0.2) is 17.0 Å². The van der Waals surface area contributed by atoms with Crippen LogP contribution in [-0.2, 0) is 4.79 Å². The summed E-state index contributed by atoms with van der Waals surface area (Å²) in [5, 5.41) is 9.25. The molecule has 1 atom stereocenters. The van der Waals surface area contributed by atoms with Crippen molar-refractivity contribution in [3.63, 3.8) is 0 Å². The van der Waals surface area contributed by atoms with Crippen molar-refractivity contribution in [1.82, 2.24) is 0 Å². The molecule has 0 saturated heterocycles. The second kappa shape index (κ2) is 10.2. The Morgan fingerprint density at radius 1 is 1.00 bits per heavy atom. The molecule has 15 heavy (non-hydrogen) atoms. The maximum Gasteiger partial charge on any atom is 0.158 e. The zero-order valence-electron chi connectivity index (χ0n) is 10.3. The van der Waals surface area contributed by atoms with E-state index in [0.717, 1.165) is 12.8 Å². The number of ketones is 1. The molecule has 0 amide bonds. The number of unbranched alkanes of at least 4 members (excludes halogenated alkanes) is 7. The fourth-order valence-electron chi connectivity index (χ4n) is 1.67. The summed E-state index contributed by atoms with van der Waals surface area (Å²) in [6.07, 6.45) is 9.94. The Hall–Kier alpha value is -0.370. The minimum absolute atomic E-state index is 0.0991. The van der Waals surface area contributed by atoms with Crippen molar-refractivity contribution in [1.29, 1.82) is 0 Å². The molecule has 0 aromatic heterocycles. The molecule has 0 aliphatic heterocycles. The van der Waals surface area contributed by atoms with Gasteiger partial charge in [-0.25, -0.2) is 0 Å². The summed E-state index contributed by atoms with van der Waals surface area (Å²) in [7, 11) is 0. The molecule has 0 rings (SSSR count). The average Bonchev–Trinajstić information content (AvgIpc) is 2.21. The van der Waals surface area contributed by atoms with E-state index in [2.05, 4.69) is 6.92 Å². The molecule has 2 heteroatoms. The lowest BCUT2D eigenvalue weighted by Gasteiger charge is -2.05. The van der Waals surface area contributed by atoms with E-state index in [0.29, 0.717) is 6.42 Å². The molecule has 1 N–H and O–H groups in total. The maximum absolute atomic E-state index is 10.7. The van der Waals surface area contributed by atoms with Crippen molar-refractivity contribution in [3.8, 4) is 0 Å². The highest BCUT2D eigenvalue weighted by molar-refractivity contribution is 5.79. The number of aliphatic hydroxyl groups excluding tert-OH is 1. The summed E-state index contributed by atoms with van der Waals surface area (Å²) >= 11 is 0. The summed E-state index contributed by atoms with van der Waals surface area (Å²) in [5.74, 6) is -0.0991. The lowest BCUT2D eigenvalue weighted by molar-refractivity contribution is -0.125. The van der Waals surface area contributed by atoms with Crippen LogP contribution in [0.15, 0.2) is 0 Å². The van der Waals surface area contributed by atoms with E-state index in [-0.39, 0.29) is 5.78 Å². The Bertz CT molecular complexity index is 155. The highest BCUT2D eigenvalue weighted by atomic mass is 16.3. The smallest absolute Gasteiger partial charge is 0.158 e. The van der Waals surface area contributed by atoms with Crippen LogP contribution in [0.25, 0.3) is 0 Å². The van der Waals surface area contributed by atoms with Crippen LogP contribution < -0.4 is 0 Å². The third-order valence-electron chi connectivity index (χ3n) is 2.80. The Morgan fingerprint density at radius 2 is 1.47 bits per heavy atom. The molecule has 0 aliphatic rings. The molecule has 0 radical (unpaired) electrons. The van der Waals surface area contributed by atoms with Crippen molar-refractivity contribution in [2.75, 3.05) is 0 Å². The largest absolute Gasteiger partial charge is 0.385 e. The molecule has 0 saturated carbocycles. The van der Waals surface area contributed by atoms with Gasteiger partial charge >= 0.3 is 0 Å². The molecule has 0 aromatic carbocycles. The summed E-state index contributed by atoms with van der Waals surface area (Å²) in [4.78, 5) is 10.7. The molecule has 0 aliphatic carbocycles. The molecule has 1 unspecified atom stereocenters. The summed E-state index contributed by atoms with van der Waals surface area (Å²) in [6, 6.07) is 0. The van der Waals surface area contributed by atoms with Crippen LogP contribution in [0.2, 0.25) is 0 Å². The second-order valence-electron chi connectivity index (χ2n) is 4.39. The van der Waals surface area contributed by atoms with Crippen LogP contribution in [0.3, 0.4) is 0 Å². The molecule has 0 heterocycles. The number of hydrogen-bond donors (Lipinski definition) is 1. The first-order valence-corrected chi connectivity index (χ1v) is 6.37. The highest BCUT2D eigenvalue weighted by Crippen LogP contribution is 2.10. The first-order valence-electron chi connectivity index (χ1n) is 6.37. The predicted molar refractivity (Wildman–Crippen MR) is 63.9 cm³/mol. The summed E-state index contributed by atoms with van der Waals surface area (Å²) < 4.78 is 0. The van der Waals surface area contributed by atoms with Crippen LogP contribution in [0, 0.1) is 0 Å². The lowest BCUT2D eigenvalue weighted by atomic mass is 10.0. The molecule has 0 fully saturated rings. The minimum atomic E-state index is -0.718. The number of carbonyl (C=O) groups excluding carboxylic acids is 1. The lowest BCUT2D eigenvalue weighted by Crippen LogP contribution is -2.16. The van der Waals surface area contributed by atoms with Gasteiger partial charge < -0.3 is 5.11 Å². The zero-order valence-corrected chi connectivity index (χ0v) is 10.3. The van der Waals surface area contributed by atoms with Gasteiger partial charge in [0.15, 0.2) is 5.78 Å². The number of Topliss-reactive ketones (excluding diaryl/α,β-unsaturated/α-hetero) is 1. The Morgan fingerprint density at radius 3 is 1.93 bits per heavy atom. The molecule has 0 bridgehead atoms. The third-order valence-corrected chi connectivity index (χ3v) is 2.80. The fraction of sp³-hybridized carbons (Fsp3) is 0.923. The quantitative estimate of drug-likeness (QED) is 0.565. The number of carbonyl (C=O) groups is 1. The summed E-state index contributed by atoms with van der Waals surface area (Å²) in [5.41, 5.74) is 0. The molecule has 0 aromatic rings. The topological polar surface area (TPSA) is 37.3 Å². The van der Waals surface area contributed by atoms with Crippen molar-refractivity contribution in [3.05, 3.63) is 0 Å². The standard InChI is InChI=1S/C13H26O2/c1-3-4-5-6-7-8-9-10-11-13(15)12(2)14/h13,15H,3-11H2,1-2H3. The Balaban J connectivity index is 3.08. The molecule has 2 nitrogen and oxygen atoms in total. The van der Waals surface area contributed by atoms with E-state index in [1.807, 2.05) is 0 Å². The number of aliphatic hydroxyl groups is 1. The SMILES string of the molecule is CCCCCCCCCCC(O)C(C)=O. The summed E-state index contributed by atoms with van der Waals surface area (Å²) in [6.45, 7) is 3.68. The van der Waals surface area contributed by atoms with Gasteiger partial charge in [-0.2, -0.15) is 0 Å². The van der Waals surface area contributed by atoms with Gasteiger partial charge in [0.2, 0.25) is 0 Å². The first-order chi connectivity index (χ1) is 7.18. The van der Waals surface area contributed by atoms with E-state index in [9.17, 15) is 9.90 Å². The number of hydrogen-bond acceptors (Lipinski definition) is 2. The monoisotopic (exact) mass is 214 g/mol. The van der Waals surface area contributed by atoms with Gasteiger partial charge in [0.05, 0.1) is 0 Å². The van der Waals surface area contributed by atoms with Gasteiger partial charge in [-0.1, -0.05) is 58.3 Å². The van der Waals surface area contributed by atoms with E-state index < -0.39 is 6.10 Å². The van der Waals surface area contributed by atoms with E-state index in [1.54, 1.807) is 0 Å². The molecular formula is C13H26O2. The first kappa shape index (κ1) is 14.6. The van der Waals surface area contributed by atoms with Crippen LogP contribution in [0.1, 0.15) is 71.6 Å². The van der Waals surface area contributed by atoms with Crippen LogP contribution in [0.4, 0.5) is 0 Å². The van der Waals surface area contributed by atoms with Gasteiger partial charge in [-0.05, 0) is 13.3 Å². The van der Waals surface area contributed by atoms with Crippen molar-refractivity contribution in [2.45, 2.75) is 77.7 Å². The van der Waals surface area contributed by atoms with Gasteiger partial charge in [-0.3, -0.25) is 4.79 Å². The maximum atomic E-state index is 10.7. The Labute approximate surface area is 94.1 Å². The fourth-order valence-corrected chi connectivity index (χ4v) is 1.67. The third kappa shape index (κ3) is 9.92. The van der Waals surface area contributed by atoms with Gasteiger partial charge in [0, 0.05) is 0 Å². The predicted octanol–water partition coefficient (Wildman–Crippen LogP) is 3.47. The Kier molecular flexibility index (Phi) is 9.91. The highest BCUT2D eigenvalue weighted by Gasteiger charge is 2.07. The van der Waals surface area contributed by atoms with E-state index in [1.165, 1.54) is 45.4 Å². The molecule has 0 spiro atoms. The molecular weight excluding hydrogens is 188 g/mol. The van der Waals surface area contributed by atoms with Crippen LogP contribution >= 0.6 is 0 Å². The van der Waals surface area contributed by atoms with Gasteiger partial charge in [-0.15, -0.1) is 0 Å². The minimum Gasteiger partial charge on any atom is -0.385 e. The van der Waals surface area contributed by atoms with E-state index in [4.69, 9.17) is 0 Å². The normalized spacial score (nSPS) is 12.7. The van der Waals surface area contributed by atoms with Crippen molar-refractivity contribution >= 4 is 5.78 Å². The van der Waals surface area contributed by atoms with Gasteiger partial charge in [0.25, 0.3) is 0 Å². The average molecular weight is 214 g/mol. The van der Waals surface area contributed by atoms with Gasteiger partial charge in [0.1, 0.15) is 6.10 Å². The second-order valence-corrected chi connectivity index (χ2v) is 4.39. The number of rotatable bonds is 10. The van der Waals surface area contributed by atoms with E-state index >= 15 is 0 Å². The zero-order chi connectivity index (χ0) is 11.5. The van der Waals surface area contributed by atoms with Crippen LogP contribution in [0.5, 0.6) is 0 Å².